The Hall–Kier alpha value is -0.830. The van der Waals surface area contributed by atoms with Crippen LogP contribution in [-0.4, -0.2) is 16.1 Å². The average molecular weight is 269 g/mol. The number of hydrogen-bond donors (Lipinski definition) is 0. The van der Waals surface area contributed by atoms with Gasteiger partial charge in [0.05, 0.1) is 0 Å². The van der Waals surface area contributed by atoms with Crippen molar-refractivity contribution in [3.8, 4) is 5.88 Å². The molecular formula is C14H21ClN2O. The van der Waals surface area contributed by atoms with E-state index in [4.69, 9.17) is 16.3 Å². The molecular weight excluding hydrogens is 248 g/mol. The fraction of sp³-hybridized carbons (Fsp3) is 0.714. The first-order chi connectivity index (χ1) is 8.67. The van der Waals surface area contributed by atoms with Crippen LogP contribution < -0.4 is 4.74 Å². The second-order valence-electron chi connectivity index (χ2n) is 5.19. The molecule has 1 fully saturated rings. The molecule has 0 bridgehead atoms. The predicted octanol–water partition coefficient (Wildman–Crippen LogP) is 4.04. The highest BCUT2D eigenvalue weighted by Gasteiger charge is 2.20. The Labute approximate surface area is 114 Å². The molecule has 100 valence electrons. The molecule has 0 amide bonds. The van der Waals surface area contributed by atoms with Gasteiger partial charge in [-0.2, -0.15) is 4.98 Å². The molecule has 0 unspecified atom stereocenters. The summed E-state index contributed by atoms with van der Waals surface area (Å²) < 4.78 is 5.94. The van der Waals surface area contributed by atoms with Gasteiger partial charge in [0, 0.05) is 12.5 Å². The monoisotopic (exact) mass is 268 g/mol. The van der Waals surface area contributed by atoms with Gasteiger partial charge in [0.1, 0.15) is 17.1 Å². The third-order valence-corrected chi connectivity index (χ3v) is 3.64. The lowest BCUT2D eigenvalue weighted by Gasteiger charge is -2.26. The summed E-state index contributed by atoms with van der Waals surface area (Å²) in [7, 11) is 0. The smallest absolute Gasteiger partial charge is 0.218 e. The Morgan fingerprint density at radius 1 is 1.28 bits per heavy atom. The molecule has 18 heavy (non-hydrogen) atoms. The number of halogens is 1. The molecule has 0 aromatic carbocycles. The Morgan fingerprint density at radius 2 is 2.00 bits per heavy atom. The molecule has 0 saturated heterocycles. The summed E-state index contributed by atoms with van der Waals surface area (Å²) in [6.45, 7) is 4.41. The average Bonchev–Trinajstić information content (AvgIpc) is 2.32. The van der Waals surface area contributed by atoms with E-state index in [0.29, 0.717) is 17.1 Å². The molecule has 1 aliphatic carbocycles. The van der Waals surface area contributed by atoms with Crippen LogP contribution in [-0.2, 0) is 6.42 Å². The van der Waals surface area contributed by atoms with Crippen molar-refractivity contribution in [1.82, 2.24) is 9.97 Å². The van der Waals surface area contributed by atoms with Gasteiger partial charge in [0.15, 0.2) is 0 Å². The standard InChI is InChI=1S/C14H21ClN2O/c1-3-4-13-16-12(15)9-14(17-13)18-11-7-5-10(2)6-8-11/h9-11H,3-8H2,1-2H3. The molecule has 0 spiro atoms. The zero-order valence-electron chi connectivity index (χ0n) is 11.2. The van der Waals surface area contributed by atoms with Crippen LogP contribution in [0.5, 0.6) is 5.88 Å². The maximum Gasteiger partial charge on any atom is 0.218 e. The van der Waals surface area contributed by atoms with Gasteiger partial charge >= 0.3 is 0 Å². The van der Waals surface area contributed by atoms with E-state index in [0.717, 1.165) is 37.4 Å². The van der Waals surface area contributed by atoms with E-state index in [1.54, 1.807) is 6.07 Å². The van der Waals surface area contributed by atoms with Crippen LogP contribution in [0.1, 0.15) is 51.8 Å². The van der Waals surface area contributed by atoms with Crippen LogP contribution in [0.25, 0.3) is 0 Å². The van der Waals surface area contributed by atoms with Crippen LogP contribution in [0, 0.1) is 5.92 Å². The van der Waals surface area contributed by atoms with Crippen LogP contribution in [0.15, 0.2) is 6.07 Å². The largest absolute Gasteiger partial charge is 0.474 e. The molecule has 1 saturated carbocycles. The van der Waals surface area contributed by atoms with Gasteiger partial charge in [-0.25, -0.2) is 4.98 Å². The molecule has 2 rings (SSSR count). The van der Waals surface area contributed by atoms with Gasteiger partial charge < -0.3 is 4.74 Å². The summed E-state index contributed by atoms with van der Waals surface area (Å²) in [5.41, 5.74) is 0. The summed E-state index contributed by atoms with van der Waals surface area (Å²) in [5.74, 6) is 2.25. The van der Waals surface area contributed by atoms with Gasteiger partial charge in [0.2, 0.25) is 5.88 Å². The fourth-order valence-corrected chi connectivity index (χ4v) is 2.55. The molecule has 0 aliphatic heterocycles. The molecule has 1 aromatic heterocycles. The van der Waals surface area contributed by atoms with E-state index in [2.05, 4.69) is 23.8 Å². The molecule has 0 atom stereocenters. The zero-order valence-corrected chi connectivity index (χ0v) is 11.9. The van der Waals surface area contributed by atoms with Crippen molar-refractivity contribution < 1.29 is 4.74 Å². The highest BCUT2D eigenvalue weighted by Crippen LogP contribution is 2.27. The topological polar surface area (TPSA) is 35.0 Å². The first kappa shape index (κ1) is 13.6. The third kappa shape index (κ3) is 3.84. The molecule has 1 aliphatic rings. The summed E-state index contributed by atoms with van der Waals surface area (Å²) in [4.78, 5) is 8.62. The fourth-order valence-electron chi connectivity index (χ4n) is 2.36. The maximum atomic E-state index is 6.00. The van der Waals surface area contributed by atoms with Crippen molar-refractivity contribution >= 4 is 11.6 Å². The van der Waals surface area contributed by atoms with Crippen molar-refractivity contribution in [1.29, 1.82) is 0 Å². The molecule has 0 N–H and O–H groups in total. The highest BCUT2D eigenvalue weighted by atomic mass is 35.5. The lowest BCUT2D eigenvalue weighted by atomic mass is 9.89. The summed E-state index contributed by atoms with van der Waals surface area (Å²) in [6, 6.07) is 1.72. The van der Waals surface area contributed by atoms with Crippen molar-refractivity contribution in [3.05, 3.63) is 17.0 Å². The van der Waals surface area contributed by atoms with Gasteiger partial charge in [0.25, 0.3) is 0 Å². The van der Waals surface area contributed by atoms with Gasteiger partial charge in [-0.1, -0.05) is 25.4 Å². The molecule has 3 nitrogen and oxygen atoms in total. The van der Waals surface area contributed by atoms with E-state index < -0.39 is 0 Å². The van der Waals surface area contributed by atoms with Crippen molar-refractivity contribution in [3.63, 3.8) is 0 Å². The summed E-state index contributed by atoms with van der Waals surface area (Å²) >= 11 is 6.00. The van der Waals surface area contributed by atoms with E-state index in [1.807, 2.05) is 0 Å². The number of hydrogen-bond acceptors (Lipinski definition) is 3. The second-order valence-corrected chi connectivity index (χ2v) is 5.58. The van der Waals surface area contributed by atoms with E-state index in [-0.39, 0.29) is 0 Å². The second kappa shape index (κ2) is 6.37. The Balaban J connectivity index is 2.00. The normalized spacial score (nSPS) is 23.9. The van der Waals surface area contributed by atoms with Crippen LogP contribution in [0.4, 0.5) is 0 Å². The summed E-state index contributed by atoms with van der Waals surface area (Å²) in [5, 5.41) is 0.479. The number of aromatic nitrogens is 2. The predicted molar refractivity (Wildman–Crippen MR) is 73.1 cm³/mol. The Kier molecular flexibility index (Phi) is 4.81. The zero-order chi connectivity index (χ0) is 13.0. The number of nitrogens with zero attached hydrogens (tertiary/aromatic N) is 2. The van der Waals surface area contributed by atoms with Crippen LogP contribution in [0.2, 0.25) is 5.15 Å². The lowest BCUT2D eigenvalue weighted by Crippen LogP contribution is -2.23. The Morgan fingerprint density at radius 3 is 2.67 bits per heavy atom. The minimum Gasteiger partial charge on any atom is -0.474 e. The van der Waals surface area contributed by atoms with Crippen LogP contribution >= 0.6 is 11.6 Å². The van der Waals surface area contributed by atoms with E-state index in [1.165, 1.54) is 12.8 Å². The lowest BCUT2D eigenvalue weighted by molar-refractivity contribution is 0.129. The van der Waals surface area contributed by atoms with Crippen molar-refractivity contribution in [2.24, 2.45) is 5.92 Å². The number of ether oxygens (including phenoxy) is 1. The molecule has 4 heteroatoms. The van der Waals surface area contributed by atoms with Gasteiger partial charge in [-0.3, -0.25) is 0 Å². The van der Waals surface area contributed by atoms with E-state index >= 15 is 0 Å². The summed E-state index contributed by atoms with van der Waals surface area (Å²) in [6.07, 6.45) is 6.87. The number of aryl methyl sites for hydroxylation is 1. The minimum absolute atomic E-state index is 0.293. The number of rotatable bonds is 4. The molecule has 0 radical (unpaired) electrons. The third-order valence-electron chi connectivity index (χ3n) is 3.44. The first-order valence-electron chi connectivity index (χ1n) is 6.87. The Bertz CT molecular complexity index is 389. The SMILES string of the molecule is CCCc1nc(Cl)cc(OC2CCC(C)CC2)n1. The van der Waals surface area contributed by atoms with E-state index in [9.17, 15) is 0 Å². The van der Waals surface area contributed by atoms with Crippen molar-refractivity contribution in [2.45, 2.75) is 58.5 Å². The van der Waals surface area contributed by atoms with Gasteiger partial charge in [-0.05, 0) is 38.0 Å². The molecule has 1 heterocycles. The van der Waals surface area contributed by atoms with Gasteiger partial charge in [-0.15, -0.1) is 0 Å². The highest BCUT2D eigenvalue weighted by molar-refractivity contribution is 6.29. The first-order valence-corrected chi connectivity index (χ1v) is 7.25. The van der Waals surface area contributed by atoms with Crippen molar-refractivity contribution in [2.75, 3.05) is 0 Å². The molecule has 1 aromatic rings. The quantitative estimate of drug-likeness (QED) is 0.773. The van der Waals surface area contributed by atoms with Crippen LogP contribution in [0.3, 0.4) is 0 Å². The maximum absolute atomic E-state index is 6.00. The minimum atomic E-state index is 0.293.